The summed E-state index contributed by atoms with van der Waals surface area (Å²) in [6, 6.07) is 0. The van der Waals surface area contributed by atoms with Crippen molar-refractivity contribution in [1.29, 1.82) is 0 Å². The zero-order valence-corrected chi connectivity index (χ0v) is 22.9. The highest BCUT2D eigenvalue weighted by atomic mass is 16.5. The van der Waals surface area contributed by atoms with Gasteiger partial charge in [0.05, 0.1) is 6.61 Å². The van der Waals surface area contributed by atoms with E-state index in [1.165, 1.54) is 96.3 Å². The molecule has 0 aliphatic rings. The van der Waals surface area contributed by atoms with Gasteiger partial charge in [-0.3, -0.25) is 9.59 Å². The van der Waals surface area contributed by atoms with Gasteiger partial charge in [0.1, 0.15) is 0 Å². The van der Waals surface area contributed by atoms with E-state index in [2.05, 4.69) is 18.7 Å². The smallest absolute Gasteiger partial charge is 0.305 e. The lowest BCUT2D eigenvalue weighted by atomic mass is 10.1. The minimum Gasteiger partial charge on any atom is -0.466 e. The highest BCUT2D eigenvalue weighted by molar-refractivity contribution is 5.73. The first-order chi connectivity index (χ1) is 16.6. The molecule has 2 N–H and O–H groups in total. The van der Waals surface area contributed by atoms with Crippen LogP contribution in [0.25, 0.3) is 0 Å². The van der Waals surface area contributed by atoms with E-state index in [4.69, 9.17) is 10.5 Å². The summed E-state index contributed by atoms with van der Waals surface area (Å²) in [4.78, 5) is 25.4. The molecular weight excluding hydrogens is 424 g/mol. The zero-order valence-electron chi connectivity index (χ0n) is 22.9. The summed E-state index contributed by atoms with van der Waals surface area (Å²) in [5.74, 6) is -0.217. The molecule has 5 heteroatoms. The molecule has 5 nitrogen and oxygen atoms in total. The summed E-state index contributed by atoms with van der Waals surface area (Å²) in [5.41, 5.74) is 5.31. The van der Waals surface area contributed by atoms with Crippen LogP contribution in [-0.2, 0) is 14.3 Å². The van der Waals surface area contributed by atoms with E-state index < -0.39 is 0 Å². The number of rotatable bonds is 27. The fourth-order valence-electron chi connectivity index (χ4n) is 4.38. The van der Waals surface area contributed by atoms with Gasteiger partial charge in [-0.1, -0.05) is 104 Å². The number of ether oxygens (including phenoxy) is 1. The number of hydrogen-bond donors (Lipinski definition) is 1. The average molecular weight is 483 g/mol. The molecule has 34 heavy (non-hydrogen) atoms. The van der Waals surface area contributed by atoms with Gasteiger partial charge in [0.25, 0.3) is 0 Å². The number of carbonyl (C=O) groups is 2. The van der Waals surface area contributed by atoms with Crippen LogP contribution in [0, 0.1) is 0 Å². The lowest BCUT2D eigenvalue weighted by molar-refractivity contribution is -0.143. The van der Waals surface area contributed by atoms with Crippen molar-refractivity contribution in [2.45, 2.75) is 149 Å². The highest BCUT2D eigenvalue weighted by Gasteiger charge is 2.07. The summed E-state index contributed by atoms with van der Waals surface area (Å²) < 4.78 is 5.37. The average Bonchev–Trinajstić information content (AvgIpc) is 2.81. The van der Waals surface area contributed by atoms with E-state index in [9.17, 15) is 9.59 Å². The quantitative estimate of drug-likeness (QED) is 0.0969. The third-order valence-electron chi connectivity index (χ3n) is 6.59. The van der Waals surface area contributed by atoms with Crippen molar-refractivity contribution in [3.63, 3.8) is 0 Å². The number of unbranched alkanes of at least 4 members (excludes halogenated alkanes) is 15. The van der Waals surface area contributed by atoms with Crippen LogP contribution in [0.2, 0.25) is 0 Å². The van der Waals surface area contributed by atoms with Crippen molar-refractivity contribution in [2.75, 3.05) is 26.2 Å². The molecule has 0 rings (SSSR count). The molecule has 0 aromatic carbocycles. The third kappa shape index (κ3) is 25.5. The summed E-state index contributed by atoms with van der Waals surface area (Å²) in [6.45, 7) is 8.30. The van der Waals surface area contributed by atoms with Crippen molar-refractivity contribution in [1.82, 2.24) is 4.90 Å². The van der Waals surface area contributed by atoms with Crippen molar-refractivity contribution >= 4 is 11.9 Å². The SMILES string of the molecule is CCCCCCCCCOC(=O)CCCCCCCN(CCCCCCCC)CCCC(N)=O. The van der Waals surface area contributed by atoms with E-state index >= 15 is 0 Å². The Morgan fingerprint density at radius 3 is 1.53 bits per heavy atom. The molecule has 0 bridgehead atoms. The van der Waals surface area contributed by atoms with Crippen LogP contribution >= 0.6 is 0 Å². The summed E-state index contributed by atoms with van der Waals surface area (Å²) >= 11 is 0. The van der Waals surface area contributed by atoms with Crippen molar-refractivity contribution in [2.24, 2.45) is 5.73 Å². The first-order valence-corrected chi connectivity index (χ1v) is 14.8. The molecule has 202 valence electrons. The number of nitrogens with two attached hydrogens (primary N) is 1. The van der Waals surface area contributed by atoms with Crippen LogP contribution in [0.5, 0.6) is 0 Å². The second-order valence-corrected chi connectivity index (χ2v) is 10.0. The van der Waals surface area contributed by atoms with E-state index in [1.807, 2.05) is 0 Å². The molecule has 0 atom stereocenters. The molecular formula is C29H58N2O3. The van der Waals surface area contributed by atoms with Gasteiger partial charge < -0.3 is 15.4 Å². The van der Waals surface area contributed by atoms with Crippen LogP contribution in [0.4, 0.5) is 0 Å². The molecule has 0 saturated heterocycles. The Hall–Kier alpha value is -1.10. The Morgan fingerprint density at radius 1 is 0.559 bits per heavy atom. The molecule has 0 saturated carbocycles. The van der Waals surface area contributed by atoms with Gasteiger partial charge >= 0.3 is 5.97 Å². The minimum absolute atomic E-state index is 0.0226. The highest BCUT2D eigenvalue weighted by Crippen LogP contribution is 2.11. The van der Waals surface area contributed by atoms with Gasteiger partial charge in [-0.15, -0.1) is 0 Å². The normalized spacial score (nSPS) is 11.3. The molecule has 0 unspecified atom stereocenters. The molecule has 0 heterocycles. The van der Waals surface area contributed by atoms with Crippen LogP contribution in [0.3, 0.4) is 0 Å². The second kappa shape index (κ2) is 26.5. The lowest BCUT2D eigenvalue weighted by Gasteiger charge is -2.22. The Labute approximate surface area is 211 Å². The van der Waals surface area contributed by atoms with Crippen LogP contribution in [-0.4, -0.2) is 43.0 Å². The largest absolute Gasteiger partial charge is 0.466 e. The van der Waals surface area contributed by atoms with Crippen LogP contribution in [0.1, 0.15) is 149 Å². The van der Waals surface area contributed by atoms with E-state index in [-0.39, 0.29) is 11.9 Å². The molecule has 0 spiro atoms. The Kier molecular flexibility index (Phi) is 25.6. The fourth-order valence-corrected chi connectivity index (χ4v) is 4.38. The van der Waals surface area contributed by atoms with Gasteiger partial charge in [-0.25, -0.2) is 0 Å². The zero-order chi connectivity index (χ0) is 25.1. The van der Waals surface area contributed by atoms with E-state index in [1.54, 1.807) is 0 Å². The maximum absolute atomic E-state index is 11.9. The molecule has 0 fully saturated rings. The molecule has 0 aliphatic heterocycles. The number of amides is 1. The monoisotopic (exact) mass is 482 g/mol. The molecule has 0 aromatic rings. The Balaban J connectivity index is 3.70. The number of carbonyl (C=O) groups excluding carboxylic acids is 2. The van der Waals surface area contributed by atoms with Crippen molar-refractivity contribution in [3.05, 3.63) is 0 Å². The molecule has 0 radical (unpaired) electrons. The number of esters is 1. The summed E-state index contributed by atoms with van der Waals surface area (Å²) in [5, 5.41) is 0. The minimum atomic E-state index is -0.194. The number of hydrogen-bond acceptors (Lipinski definition) is 4. The van der Waals surface area contributed by atoms with Gasteiger partial charge in [-0.05, 0) is 51.7 Å². The fraction of sp³-hybridized carbons (Fsp3) is 0.931. The molecule has 0 aromatic heterocycles. The van der Waals surface area contributed by atoms with Gasteiger partial charge in [0, 0.05) is 12.8 Å². The third-order valence-corrected chi connectivity index (χ3v) is 6.59. The maximum Gasteiger partial charge on any atom is 0.305 e. The predicted molar refractivity (Wildman–Crippen MR) is 145 cm³/mol. The topological polar surface area (TPSA) is 72.6 Å². The van der Waals surface area contributed by atoms with Crippen LogP contribution in [0.15, 0.2) is 0 Å². The Bertz CT molecular complexity index is 457. The standard InChI is InChI=1S/C29H58N2O3/c1-3-5-7-9-11-16-20-27-34-29(33)23-17-13-12-15-19-25-31(26-21-22-28(30)32)24-18-14-10-8-6-4-2/h3-27H2,1-2H3,(H2,30,32). The van der Waals surface area contributed by atoms with Crippen molar-refractivity contribution in [3.8, 4) is 0 Å². The van der Waals surface area contributed by atoms with Gasteiger partial charge in [0.2, 0.25) is 5.91 Å². The molecule has 0 aliphatic carbocycles. The Morgan fingerprint density at radius 2 is 1.00 bits per heavy atom. The predicted octanol–water partition coefficient (Wildman–Crippen LogP) is 7.55. The number of primary amides is 1. The van der Waals surface area contributed by atoms with E-state index in [0.717, 1.165) is 45.3 Å². The van der Waals surface area contributed by atoms with E-state index in [0.29, 0.717) is 19.4 Å². The van der Waals surface area contributed by atoms with Crippen molar-refractivity contribution < 1.29 is 14.3 Å². The summed E-state index contributed by atoms with van der Waals surface area (Å²) in [6.07, 6.45) is 24.1. The first kappa shape index (κ1) is 32.9. The first-order valence-electron chi connectivity index (χ1n) is 14.8. The lowest BCUT2D eigenvalue weighted by Crippen LogP contribution is -2.28. The van der Waals surface area contributed by atoms with Crippen LogP contribution < -0.4 is 5.73 Å². The summed E-state index contributed by atoms with van der Waals surface area (Å²) in [7, 11) is 0. The van der Waals surface area contributed by atoms with Gasteiger partial charge in [0.15, 0.2) is 0 Å². The maximum atomic E-state index is 11.9. The van der Waals surface area contributed by atoms with Gasteiger partial charge in [-0.2, -0.15) is 0 Å². The second-order valence-electron chi connectivity index (χ2n) is 10.0. The molecule has 1 amide bonds. The number of nitrogens with zero attached hydrogens (tertiary/aromatic N) is 1.